The van der Waals surface area contributed by atoms with Gasteiger partial charge in [0.15, 0.2) is 5.82 Å². The molecule has 192 valence electrons. The van der Waals surface area contributed by atoms with Crippen molar-refractivity contribution in [3.05, 3.63) is 35.9 Å². The van der Waals surface area contributed by atoms with Crippen molar-refractivity contribution in [3.63, 3.8) is 0 Å². The van der Waals surface area contributed by atoms with Crippen LogP contribution in [-0.2, 0) is 16.1 Å². The van der Waals surface area contributed by atoms with Gasteiger partial charge in [0.25, 0.3) is 0 Å². The third-order valence-corrected chi connectivity index (χ3v) is 7.22. The summed E-state index contributed by atoms with van der Waals surface area (Å²) < 4.78 is 62.9. The Labute approximate surface area is 201 Å². The highest BCUT2D eigenvalue weighted by Gasteiger charge is 2.58. The molecule has 0 unspecified atom stereocenters. The zero-order valence-electron chi connectivity index (χ0n) is 18.9. The van der Waals surface area contributed by atoms with Crippen molar-refractivity contribution in [1.29, 1.82) is 0 Å². The summed E-state index contributed by atoms with van der Waals surface area (Å²) in [6, 6.07) is 3.17. The van der Waals surface area contributed by atoms with Crippen LogP contribution in [0.25, 0.3) is 5.65 Å². The Hall–Kier alpha value is -3.42. The van der Waals surface area contributed by atoms with Crippen LogP contribution in [0.4, 0.5) is 34.1 Å². The molecule has 3 aromatic rings. The van der Waals surface area contributed by atoms with Crippen LogP contribution in [0.1, 0.15) is 49.4 Å². The van der Waals surface area contributed by atoms with Gasteiger partial charge in [0, 0.05) is 35.6 Å². The second-order valence-electron chi connectivity index (χ2n) is 9.75. The van der Waals surface area contributed by atoms with Gasteiger partial charge in [-0.25, -0.2) is 19.2 Å². The molecule has 14 heteroatoms. The standard InChI is InChI=1S/C22H23F4N7O3/c23-18-13(1-2-15(18)36-20(34)30-21-6-11(7-21)8-21)14-5-16(32-31-14)29-19-27-4-3-17-28-12(9-33(17)19)10-35-22(24,25)26/h3-5,9,11,13,15,18H,1-2,6-8,10H2,(H,30,34)(H2,27,29,31,32)/t11?,13-,15-,18+,21?/m0/s1. The Balaban J connectivity index is 1.09. The summed E-state index contributed by atoms with van der Waals surface area (Å²) in [5, 5.41) is 12.8. The van der Waals surface area contributed by atoms with E-state index in [-0.39, 0.29) is 17.2 Å². The molecule has 7 rings (SSSR count). The number of hydrogen-bond donors (Lipinski definition) is 3. The van der Waals surface area contributed by atoms with Crippen LogP contribution in [0.3, 0.4) is 0 Å². The molecule has 0 radical (unpaired) electrons. The lowest BCUT2D eigenvalue weighted by Crippen LogP contribution is -2.68. The number of aromatic nitrogens is 5. The highest BCUT2D eigenvalue weighted by atomic mass is 19.4. The van der Waals surface area contributed by atoms with Gasteiger partial charge in [0.2, 0.25) is 5.95 Å². The van der Waals surface area contributed by atoms with Crippen molar-refractivity contribution in [2.45, 2.75) is 68.8 Å². The van der Waals surface area contributed by atoms with Crippen LogP contribution in [-0.4, -0.2) is 54.8 Å². The minimum Gasteiger partial charge on any atom is -0.443 e. The lowest BCUT2D eigenvalue weighted by Gasteiger charge is -2.61. The molecule has 10 nitrogen and oxygen atoms in total. The number of anilines is 2. The maximum atomic E-state index is 15.2. The van der Waals surface area contributed by atoms with Gasteiger partial charge in [-0.3, -0.25) is 14.2 Å². The molecule has 2 bridgehead atoms. The number of alkyl halides is 4. The van der Waals surface area contributed by atoms with Gasteiger partial charge in [-0.05, 0) is 44.1 Å². The predicted molar refractivity (Wildman–Crippen MR) is 116 cm³/mol. The largest absolute Gasteiger partial charge is 0.522 e. The van der Waals surface area contributed by atoms with E-state index in [2.05, 4.69) is 35.5 Å². The Kier molecular flexibility index (Phi) is 5.32. The number of ether oxygens (including phenoxy) is 2. The number of nitrogens with zero attached hydrogens (tertiary/aromatic N) is 4. The van der Waals surface area contributed by atoms with E-state index < -0.39 is 37.3 Å². The SMILES string of the molecule is O=C(NC12CC(C1)C2)O[C@H]1CC[C@@H](c2cc(Nc3nccc4nc(COC(F)(F)F)cn34)n[nH]2)[C@H]1F. The monoisotopic (exact) mass is 509 g/mol. The lowest BCUT2D eigenvalue weighted by atomic mass is 9.50. The normalized spacial score (nSPS) is 29.0. The van der Waals surface area contributed by atoms with Crippen LogP contribution in [0.5, 0.6) is 0 Å². The quantitative estimate of drug-likeness (QED) is 0.411. The van der Waals surface area contributed by atoms with E-state index in [1.165, 1.54) is 22.9 Å². The van der Waals surface area contributed by atoms with Crippen molar-refractivity contribution >= 4 is 23.5 Å². The molecule has 4 aliphatic carbocycles. The maximum absolute atomic E-state index is 15.2. The molecule has 3 N–H and O–H groups in total. The average Bonchev–Trinajstić information content (AvgIpc) is 3.48. The number of carbonyl (C=O) groups excluding carboxylic acids is 1. The summed E-state index contributed by atoms with van der Waals surface area (Å²) >= 11 is 0. The van der Waals surface area contributed by atoms with E-state index in [0.717, 1.165) is 19.3 Å². The van der Waals surface area contributed by atoms with Gasteiger partial charge in [-0.2, -0.15) is 5.10 Å². The van der Waals surface area contributed by atoms with Gasteiger partial charge in [-0.15, -0.1) is 13.2 Å². The predicted octanol–water partition coefficient (Wildman–Crippen LogP) is 4.10. The fourth-order valence-corrected chi connectivity index (χ4v) is 5.38. The Morgan fingerprint density at radius 2 is 2.08 bits per heavy atom. The Morgan fingerprint density at radius 1 is 1.28 bits per heavy atom. The van der Waals surface area contributed by atoms with Crippen molar-refractivity contribution in [3.8, 4) is 0 Å². The molecule has 3 heterocycles. The second-order valence-corrected chi connectivity index (χ2v) is 9.75. The van der Waals surface area contributed by atoms with Gasteiger partial charge < -0.3 is 15.4 Å². The van der Waals surface area contributed by atoms with Crippen LogP contribution in [0.2, 0.25) is 0 Å². The first-order valence-electron chi connectivity index (χ1n) is 11.7. The number of rotatable bonds is 7. The maximum Gasteiger partial charge on any atom is 0.522 e. The molecule has 4 saturated carbocycles. The third kappa shape index (κ3) is 4.33. The van der Waals surface area contributed by atoms with Gasteiger partial charge >= 0.3 is 12.5 Å². The molecule has 3 atom stereocenters. The van der Waals surface area contributed by atoms with Crippen LogP contribution in [0, 0.1) is 5.92 Å². The molecular weight excluding hydrogens is 486 g/mol. The second kappa shape index (κ2) is 8.32. The average molecular weight is 509 g/mol. The zero-order valence-corrected chi connectivity index (χ0v) is 18.9. The van der Waals surface area contributed by atoms with Gasteiger partial charge in [0.1, 0.15) is 17.9 Å². The summed E-state index contributed by atoms with van der Waals surface area (Å²) in [5.74, 6) is 0.777. The van der Waals surface area contributed by atoms with Crippen LogP contribution < -0.4 is 10.6 Å². The van der Waals surface area contributed by atoms with Crippen LogP contribution >= 0.6 is 0 Å². The van der Waals surface area contributed by atoms with E-state index in [4.69, 9.17) is 4.74 Å². The van der Waals surface area contributed by atoms with E-state index in [0.29, 0.717) is 35.9 Å². The van der Waals surface area contributed by atoms with Gasteiger partial charge in [0.05, 0.1) is 12.3 Å². The topological polar surface area (TPSA) is 118 Å². The van der Waals surface area contributed by atoms with E-state index in [9.17, 15) is 18.0 Å². The minimum atomic E-state index is -4.76. The zero-order chi connectivity index (χ0) is 25.1. The summed E-state index contributed by atoms with van der Waals surface area (Å²) in [7, 11) is 0. The first-order valence-corrected chi connectivity index (χ1v) is 11.7. The number of hydrogen-bond acceptors (Lipinski definition) is 7. The minimum absolute atomic E-state index is 0.0708. The molecule has 0 aliphatic heterocycles. The summed E-state index contributed by atoms with van der Waals surface area (Å²) in [5.41, 5.74) is 0.837. The summed E-state index contributed by atoms with van der Waals surface area (Å²) in [6.45, 7) is -0.737. The molecule has 4 fully saturated rings. The fourth-order valence-electron chi connectivity index (χ4n) is 5.38. The van der Waals surface area contributed by atoms with Crippen molar-refractivity contribution in [2.24, 2.45) is 5.92 Å². The molecule has 1 amide bonds. The number of halogens is 4. The first-order chi connectivity index (χ1) is 17.2. The van der Waals surface area contributed by atoms with E-state index in [1.54, 1.807) is 6.07 Å². The lowest BCUT2D eigenvalue weighted by molar-refractivity contribution is -0.330. The van der Waals surface area contributed by atoms with E-state index in [1.807, 2.05) is 0 Å². The number of alkyl carbamates (subject to hydrolysis) is 1. The number of aromatic amines is 1. The molecule has 0 saturated heterocycles. The Morgan fingerprint density at radius 3 is 2.81 bits per heavy atom. The molecule has 36 heavy (non-hydrogen) atoms. The summed E-state index contributed by atoms with van der Waals surface area (Å²) in [4.78, 5) is 20.5. The molecule has 0 aromatic carbocycles. The Bertz CT molecular complexity index is 1280. The molecular formula is C22H23F4N7O3. The molecule has 3 aromatic heterocycles. The number of imidazole rings is 1. The van der Waals surface area contributed by atoms with Crippen molar-refractivity contribution in [1.82, 2.24) is 29.9 Å². The number of carbonyl (C=O) groups is 1. The van der Waals surface area contributed by atoms with Crippen molar-refractivity contribution in [2.75, 3.05) is 5.32 Å². The third-order valence-electron chi connectivity index (χ3n) is 7.22. The highest BCUT2D eigenvalue weighted by molar-refractivity contribution is 5.69. The van der Waals surface area contributed by atoms with Crippen LogP contribution in [0.15, 0.2) is 24.5 Å². The summed E-state index contributed by atoms with van der Waals surface area (Å²) in [6.07, 6.45) is -0.925. The number of amides is 1. The van der Waals surface area contributed by atoms with Gasteiger partial charge in [-0.1, -0.05) is 0 Å². The number of fused-ring (bicyclic) bond motifs is 1. The smallest absolute Gasteiger partial charge is 0.443 e. The number of nitrogens with one attached hydrogen (secondary N) is 3. The van der Waals surface area contributed by atoms with Crippen molar-refractivity contribution < 1.29 is 31.8 Å². The number of H-pyrrole nitrogens is 1. The highest BCUT2D eigenvalue weighted by Crippen LogP contribution is 2.57. The fraction of sp³-hybridized carbons (Fsp3) is 0.545. The molecule has 0 spiro atoms. The molecule has 4 aliphatic rings. The first kappa shape index (κ1) is 23.0. The van der Waals surface area contributed by atoms with E-state index >= 15 is 4.39 Å².